The van der Waals surface area contributed by atoms with Gasteiger partial charge in [0, 0.05) is 28.9 Å². The average molecular weight is 311 g/mol. The Kier molecular flexibility index (Phi) is 4.88. The number of nitrogens with one attached hydrogen (secondary N) is 1. The number of hydrogen-bond donors (Lipinski definition) is 1. The largest absolute Gasteiger partial charge is 0.378 e. The van der Waals surface area contributed by atoms with Gasteiger partial charge < -0.3 is 5.32 Å². The number of hydrogen-bond acceptors (Lipinski definition) is 3. The number of nitrogens with zero attached hydrogens (tertiary/aromatic N) is 2. The minimum absolute atomic E-state index is 0.104. The predicted molar refractivity (Wildman–Crippen MR) is 83.0 cm³/mol. The second-order valence-corrected chi connectivity index (χ2v) is 6.04. The summed E-state index contributed by atoms with van der Waals surface area (Å²) in [5.74, 6) is -2.39. The summed E-state index contributed by atoms with van der Waals surface area (Å²) in [7, 11) is 1.93. The minimum atomic E-state index is -2.39. The molecular formula is C15H19F2N3S. The van der Waals surface area contributed by atoms with Crippen molar-refractivity contribution in [2.45, 2.75) is 37.5 Å². The molecule has 1 atom stereocenters. The van der Waals surface area contributed by atoms with Crippen molar-refractivity contribution in [3.8, 4) is 0 Å². The summed E-state index contributed by atoms with van der Waals surface area (Å²) in [6, 6.07) is 7.15. The van der Waals surface area contributed by atoms with Gasteiger partial charge in [0.2, 0.25) is 0 Å². The van der Waals surface area contributed by atoms with Crippen LogP contribution < -0.4 is 5.32 Å². The van der Waals surface area contributed by atoms with Crippen LogP contribution in [0.2, 0.25) is 0 Å². The maximum atomic E-state index is 12.3. The van der Waals surface area contributed by atoms with Gasteiger partial charge in [-0.2, -0.15) is 13.9 Å². The normalized spacial score (nSPS) is 12.7. The molecule has 0 amide bonds. The third-order valence-corrected chi connectivity index (χ3v) is 4.18. The number of aromatic nitrogens is 2. The maximum Gasteiger partial charge on any atom is 0.288 e. The molecule has 0 aliphatic carbocycles. The number of aryl methyl sites for hydroxylation is 2. The molecule has 1 aromatic heterocycles. The van der Waals surface area contributed by atoms with Crippen molar-refractivity contribution in [1.29, 1.82) is 0 Å². The molecule has 2 rings (SSSR count). The van der Waals surface area contributed by atoms with Gasteiger partial charge in [0.25, 0.3) is 5.76 Å². The minimum Gasteiger partial charge on any atom is -0.378 e. The van der Waals surface area contributed by atoms with E-state index in [0.717, 1.165) is 17.1 Å². The average Bonchev–Trinajstić information content (AvgIpc) is 2.65. The Bertz CT molecular complexity index is 608. The van der Waals surface area contributed by atoms with Crippen molar-refractivity contribution in [2.75, 3.05) is 5.32 Å². The van der Waals surface area contributed by atoms with Gasteiger partial charge in [0.15, 0.2) is 0 Å². The molecule has 0 saturated heterocycles. The van der Waals surface area contributed by atoms with Crippen LogP contribution in [0.5, 0.6) is 0 Å². The molecule has 1 unspecified atom stereocenters. The van der Waals surface area contributed by atoms with Gasteiger partial charge in [-0.3, -0.25) is 4.68 Å². The summed E-state index contributed by atoms with van der Waals surface area (Å²) in [4.78, 5) is 0.567. The molecule has 0 fully saturated rings. The van der Waals surface area contributed by atoms with Gasteiger partial charge in [-0.05, 0) is 45.0 Å². The molecule has 2 aromatic rings. The van der Waals surface area contributed by atoms with Crippen LogP contribution >= 0.6 is 11.8 Å². The summed E-state index contributed by atoms with van der Waals surface area (Å²) >= 11 is 0.556. The molecule has 1 N–H and O–H groups in total. The van der Waals surface area contributed by atoms with Crippen LogP contribution in [0.15, 0.2) is 29.2 Å². The van der Waals surface area contributed by atoms with Crippen LogP contribution in [0, 0.1) is 13.8 Å². The first-order chi connectivity index (χ1) is 9.88. The Morgan fingerprint density at radius 2 is 1.81 bits per heavy atom. The van der Waals surface area contributed by atoms with Crippen molar-refractivity contribution in [3.63, 3.8) is 0 Å². The molecule has 0 bridgehead atoms. The Hall–Kier alpha value is -1.56. The second kappa shape index (κ2) is 6.47. The molecular weight excluding hydrogens is 292 g/mol. The first-order valence-corrected chi connectivity index (χ1v) is 7.58. The van der Waals surface area contributed by atoms with Crippen molar-refractivity contribution >= 4 is 17.4 Å². The van der Waals surface area contributed by atoms with Crippen molar-refractivity contribution < 1.29 is 8.78 Å². The van der Waals surface area contributed by atoms with E-state index < -0.39 is 5.76 Å². The number of thioether (sulfide) groups is 1. The lowest BCUT2D eigenvalue weighted by molar-refractivity contribution is 0.252. The van der Waals surface area contributed by atoms with E-state index >= 15 is 0 Å². The zero-order valence-electron chi connectivity index (χ0n) is 12.5. The second-order valence-electron chi connectivity index (χ2n) is 4.98. The number of halogens is 2. The van der Waals surface area contributed by atoms with Crippen LogP contribution in [-0.2, 0) is 7.05 Å². The molecule has 0 radical (unpaired) electrons. The molecule has 6 heteroatoms. The lowest BCUT2D eigenvalue weighted by Crippen LogP contribution is -2.08. The van der Waals surface area contributed by atoms with Gasteiger partial charge >= 0.3 is 0 Å². The summed E-state index contributed by atoms with van der Waals surface area (Å²) < 4.78 is 26.4. The fourth-order valence-corrected chi connectivity index (χ4v) is 2.97. The van der Waals surface area contributed by atoms with Crippen LogP contribution in [0.4, 0.5) is 14.5 Å². The molecule has 1 heterocycles. The van der Waals surface area contributed by atoms with E-state index in [9.17, 15) is 8.78 Å². The fraction of sp³-hybridized carbons (Fsp3) is 0.400. The Balaban J connectivity index is 2.10. The zero-order chi connectivity index (χ0) is 15.6. The third kappa shape index (κ3) is 3.75. The third-order valence-electron chi connectivity index (χ3n) is 3.46. The first kappa shape index (κ1) is 15.8. The van der Waals surface area contributed by atoms with E-state index in [1.54, 1.807) is 12.1 Å². The molecule has 0 aliphatic rings. The van der Waals surface area contributed by atoms with Crippen molar-refractivity contribution in [2.24, 2.45) is 7.05 Å². The number of anilines is 1. The zero-order valence-corrected chi connectivity index (χ0v) is 13.3. The Labute approximate surface area is 127 Å². The highest BCUT2D eigenvalue weighted by atomic mass is 32.2. The van der Waals surface area contributed by atoms with Crippen molar-refractivity contribution in [1.82, 2.24) is 9.78 Å². The summed E-state index contributed by atoms with van der Waals surface area (Å²) in [6.45, 7) is 6.09. The molecule has 1 aromatic carbocycles. The standard InChI is InChI=1S/C15H19F2N3S/c1-9(14-10(2)19-20(4)11(14)3)18-12-5-7-13(8-6-12)21-15(16)17/h5-9,15,18H,1-4H3. The summed E-state index contributed by atoms with van der Waals surface area (Å²) in [5.41, 5.74) is 4.20. The monoisotopic (exact) mass is 311 g/mol. The highest BCUT2D eigenvalue weighted by Gasteiger charge is 2.16. The molecule has 114 valence electrons. The molecule has 0 aliphatic heterocycles. The van der Waals surface area contributed by atoms with E-state index in [1.165, 1.54) is 5.56 Å². The predicted octanol–water partition coefficient (Wildman–Crippen LogP) is 4.52. The van der Waals surface area contributed by atoms with E-state index in [-0.39, 0.29) is 6.04 Å². The quantitative estimate of drug-likeness (QED) is 0.823. The lowest BCUT2D eigenvalue weighted by atomic mass is 10.1. The fourth-order valence-electron chi connectivity index (χ4n) is 2.47. The van der Waals surface area contributed by atoms with E-state index in [0.29, 0.717) is 16.7 Å². The van der Waals surface area contributed by atoms with Crippen LogP contribution in [0.25, 0.3) is 0 Å². The highest BCUT2D eigenvalue weighted by molar-refractivity contribution is 7.99. The topological polar surface area (TPSA) is 29.9 Å². The Morgan fingerprint density at radius 1 is 1.19 bits per heavy atom. The SMILES string of the molecule is Cc1nn(C)c(C)c1C(C)Nc1ccc(SC(F)F)cc1. The van der Waals surface area contributed by atoms with Crippen LogP contribution in [-0.4, -0.2) is 15.5 Å². The van der Waals surface area contributed by atoms with Gasteiger partial charge in [-0.25, -0.2) is 0 Å². The summed E-state index contributed by atoms with van der Waals surface area (Å²) in [6.07, 6.45) is 0. The molecule has 3 nitrogen and oxygen atoms in total. The molecule has 0 saturated carbocycles. The lowest BCUT2D eigenvalue weighted by Gasteiger charge is -2.16. The van der Waals surface area contributed by atoms with Gasteiger partial charge in [-0.15, -0.1) is 0 Å². The summed E-state index contributed by atoms with van der Waals surface area (Å²) in [5, 5.41) is 7.79. The molecule has 0 spiro atoms. The smallest absolute Gasteiger partial charge is 0.288 e. The highest BCUT2D eigenvalue weighted by Crippen LogP contribution is 2.28. The van der Waals surface area contributed by atoms with Gasteiger partial charge in [0.05, 0.1) is 11.7 Å². The number of rotatable bonds is 5. The number of benzene rings is 1. The Morgan fingerprint density at radius 3 is 2.29 bits per heavy atom. The maximum absolute atomic E-state index is 12.3. The van der Waals surface area contributed by atoms with E-state index in [4.69, 9.17) is 0 Å². The van der Waals surface area contributed by atoms with E-state index in [2.05, 4.69) is 17.3 Å². The van der Waals surface area contributed by atoms with Crippen LogP contribution in [0.1, 0.15) is 29.9 Å². The van der Waals surface area contributed by atoms with Crippen molar-refractivity contribution in [3.05, 3.63) is 41.2 Å². The van der Waals surface area contributed by atoms with Crippen LogP contribution in [0.3, 0.4) is 0 Å². The number of alkyl halides is 2. The first-order valence-electron chi connectivity index (χ1n) is 6.70. The van der Waals surface area contributed by atoms with Gasteiger partial charge in [-0.1, -0.05) is 11.8 Å². The molecule has 21 heavy (non-hydrogen) atoms. The van der Waals surface area contributed by atoms with Gasteiger partial charge in [0.1, 0.15) is 0 Å². The van der Waals surface area contributed by atoms with E-state index in [1.807, 2.05) is 37.7 Å².